The van der Waals surface area contributed by atoms with Gasteiger partial charge in [0.2, 0.25) is 0 Å². The predicted octanol–water partition coefficient (Wildman–Crippen LogP) is 1.90. The molecule has 3 nitrogen and oxygen atoms in total. The number of hydrogen-bond acceptors (Lipinski definition) is 3. The summed E-state index contributed by atoms with van der Waals surface area (Å²) in [6.07, 6.45) is 4.75. The lowest BCUT2D eigenvalue weighted by Gasteiger charge is -2.28. The van der Waals surface area contributed by atoms with Crippen LogP contribution in [-0.2, 0) is 17.8 Å². The Morgan fingerprint density at radius 1 is 1.24 bits per heavy atom. The third-order valence-corrected chi connectivity index (χ3v) is 4.59. The number of benzene rings is 1. The second-order valence-corrected chi connectivity index (χ2v) is 5.57. The Hall–Kier alpha value is -1.06. The molecule has 4 rings (SSSR count). The Labute approximate surface area is 102 Å². The van der Waals surface area contributed by atoms with Crippen molar-refractivity contribution in [1.82, 2.24) is 4.90 Å². The Balaban J connectivity index is 1.58. The van der Waals surface area contributed by atoms with E-state index in [1.807, 2.05) is 6.07 Å². The van der Waals surface area contributed by atoms with Crippen LogP contribution in [0, 0.1) is 0 Å². The molecule has 2 N–H and O–H groups in total. The zero-order valence-corrected chi connectivity index (χ0v) is 9.93. The molecule has 2 bridgehead atoms. The molecule has 1 aromatic rings. The van der Waals surface area contributed by atoms with E-state index < -0.39 is 0 Å². The molecule has 1 aromatic carbocycles. The van der Waals surface area contributed by atoms with Crippen molar-refractivity contribution < 1.29 is 4.74 Å². The molecule has 3 unspecified atom stereocenters. The summed E-state index contributed by atoms with van der Waals surface area (Å²) in [6.45, 7) is 2.07. The second-order valence-electron chi connectivity index (χ2n) is 5.57. The van der Waals surface area contributed by atoms with E-state index in [0.717, 1.165) is 18.8 Å². The van der Waals surface area contributed by atoms with E-state index in [0.29, 0.717) is 18.2 Å². The van der Waals surface area contributed by atoms with Gasteiger partial charge in [0.15, 0.2) is 0 Å². The molecule has 90 valence electrons. The van der Waals surface area contributed by atoms with Crippen LogP contribution in [0.2, 0.25) is 0 Å². The van der Waals surface area contributed by atoms with Crippen molar-refractivity contribution in [3.8, 4) is 0 Å². The molecular formula is C14H18N2O. The summed E-state index contributed by atoms with van der Waals surface area (Å²) in [5.41, 5.74) is 9.76. The predicted molar refractivity (Wildman–Crippen MR) is 66.4 cm³/mol. The van der Waals surface area contributed by atoms with Gasteiger partial charge in [-0.05, 0) is 36.5 Å². The van der Waals surface area contributed by atoms with Crippen LogP contribution in [0.5, 0.6) is 0 Å². The lowest BCUT2D eigenvalue weighted by Crippen LogP contribution is -2.38. The fourth-order valence-electron chi connectivity index (χ4n) is 3.70. The molecule has 0 aliphatic carbocycles. The normalized spacial score (nSPS) is 35.4. The van der Waals surface area contributed by atoms with Crippen LogP contribution >= 0.6 is 0 Å². The zero-order chi connectivity index (χ0) is 11.4. The lowest BCUT2D eigenvalue weighted by molar-refractivity contribution is 0.0689. The number of nitrogens with zero attached hydrogens (tertiary/aromatic N) is 1. The van der Waals surface area contributed by atoms with E-state index in [1.165, 1.54) is 30.4 Å². The van der Waals surface area contributed by atoms with Gasteiger partial charge in [0.25, 0.3) is 0 Å². The van der Waals surface area contributed by atoms with Gasteiger partial charge in [-0.2, -0.15) is 0 Å². The molecule has 2 saturated heterocycles. The molecule has 0 amide bonds. The van der Waals surface area contributed by atoms with E-state index >= 15 is 0 Å². The van der Waals surface area contributed by atoms with Crippen molar-refractivity contribution in [3.63, 3.8) is 0 Å². The maximum Gasteiger partial charge on any atom is 0.0736 e. The molecule has 0 spiro atoms. The maximum atomic E-state index is 6.05. The first-order valence-corrected chi connectivity index (χ1v) is 6.57. The minimum Gasteiger partial charge on any atom is -0.398 e. The molecule has 0 aromatic heterocycles. The van der Waals surface area contributed by atoms with Crippen molar-refractivity contribution in [2.75, 3.05) is 5.73 Å². The minimum atomic E-state index is 0.482. The van der Waals surface area contributed by atoms with Gasteiger partial charge in [-0.15, -0.1) is 0 Å². The fraction of sp³-hybridized carbons (Fsp3) is 0.571. The molecule has 2 fully saturated rings. The van der Waals surface area contributed by atoms with Crippen LogP contribution in [0.4, 0.5) is 5.69 Å². The number of nitrogens with two attached hydrogens (primary N) is 1. The third kappa shape index (κ3) is 1.42. The van der Waals surface area contributed by atoms with Gasteiger partial charge in [-0.1, -0.05) is 12.1 Å². The van der Waals surface area contributed by atoms with Gasteiger partial charge in [0, 0.05) is 24.8 Å². The Bertz CT molecular complexity index is 460. The van der Waals surface area contributed by atoms with Gasteiger partial charge >= 0.3 is 0 Å². The number of hydrogen-bond donors (Lipinski definition) is 1. The van der Waals surface area contributed by atoms with Gasteiger partial charge < -0.3 is 10.5 Å². The molecule has 3 atom stereocenters. The van der Waals surface area contributed by atoms with Gasteiger partial charge in [-0.3, -0.25) is 4.90 Å². The van der Waals surface area contributed by atoms with Gasteiger partial charge in [-0.25, -0.2) is 0 Å². The van der Waals surface area contributed by atoms with E-state index in [4.69, 9.17) is 10.5 Å². The van der Waals surface area contributed by atoms with Crippen molar-refractivity contribution >= 4 is 5.69 Å². The Morgan fingerprint density at radius 3 is 2.88 bits per heavy atom. The van der Waals surface area contributed by atoms with Crippen LogP contribution in [0.3, 0.4) is 0 Å². The number of fused-ring (bicyclic) bond motifs is 3. The molecule has 17 heavy (non-hydrogen) atoms. The van der Waals surface area contributed by atoms with E-state index in [9.17, 15) is 0 Å². The van der Waals surface area contributed by atoms with Crippen LogP contribution < -0.4 is 5.73 Å². The second kappa shape index (κ2) is 3.47. The van der Waals surface area contributed by atoms with E-state index in [-0.39, 0.29) is 0 Å². The van der Waals surface area contributed by atoms with Crippen molar-refractivity contribution in [1.29, 1.82) is 0 Å². The minimum absolute atomic E-state index is 0.482. The monoisotopic (exact) mass is 230 g/mol. The Morgan fingerprint density at radius 2 is 2.18 bits per heavy atom. The maximum absolute atomic E-state index is 6.05. The van der Waals surface area contributed by atoms with Crippen LogP contribution in [0.15, 0.2) is 18.2 Å². The first kappa shape index (κ1) is 9.92. The van der Waals surface area contributed by atoms with Crippen molar-refractivity contribution in [2.24, 2.45) is 0 Å². The molecule has 3 heteroatoms. The van der Waals surface area contributed by atoms with Crippen LogP contribution in [-0.4, -0.2) is 23.1 Å². The highest BCUT2D eigenvalue weighted by atomic mass is 16.5. The summed E-state index contributed by atoms with van der Waals surface area (Å²) >= 11 is 0. The van der Waals surface area contributed by atoms with Gasteiger partial charge in [0.1, 0.15) is 0 Å². The highest BCUT2D eigenvalue weighted by Crippen LogP contribution is 2.40. The topological polar surface area (TPSA) is 38.5 Å². The number of anilines is 1. The summed E-state index contributed by atoms with van der Waals surface area (Å²) in [7, 11) is 0. The average molecular weight is 230 g/mol. The first-order chi connectivity index (χ1) is 8.31. The highest BCUT2D eigenvalue weighted by molar-refractivity contribution is 5.52. The molecule has 3 heterocycles. The summed E-state index contributed by atoms with van der Waals surface area (Å²) in [5.74, 6) is 0. The highest BCUT2D eigenvalue weighted by Gasteiger charge is 2.44. The standard InChI is InChI=1S/C14H18N2O/c15-12-3-1-2-9-7-16(8-11(9)12)13-6-10-4-5-14(13)17-10/h1-3,10,13-14H,4-8,15H2. The van der Waals surface area contributed by atoms with Gasteiger partial charge in [0.05, 0.1) is 12.2 Å². The number of nitrogen functional groups attached to an aromatic ring is 1. The third-order valence-electron chi connectivity index (χ3n) is 4.59. The summed E-state index contributed by atoms with van der Waals surface area (Å²) in [4.78, 5) is 2.56. The van der Waals surface area contributed by atoms with Crippen LogP contribution in [0.1, 0.15) is 30.4 Å². The lowest BCUT2D eigenvalue weighted by atomic mass is 9.94. The van der Waals surface area contributed by atoms with Crippen LogP contribution in [0.25, 0.3) is 0 Å². The average Bonchev–Trinajstić information content (AvgIpc) is 3.03. The summed E-state index contributed by atoms with van der Waals surface area (Å²) in [5, 5.41) is 0. The molecule has 0 radical (unpaired) electrons. The van der Waals surface area contributed by atoms with Crippen molar-refractivity contribution in [2.45, 2.75) is 50.6 Å². The SMILES string of the molecule is Nc1cccc2c1CN(C1CC3CCC1O3)C2. The molecule has 3 aliphatic rings. The molecular weight excluding hydrogens is 212 g/mol. The largest absolute Gasteiger partial charge is 0.398 e. The quantitative estimate of drug-likeness (QED) is 0.749. The van der Waals surface area contributed by atoms with E-state index in [1.54, 1.807) is 0 Å². The first-order valence-electron chi connectivity index (χ1n) is 6.57. The van der Waals surface area contributed by atoms with Crippen molar-refractivity contribution in [3.05, 3.63) is 29.3 Å². The smallest absolute Gasteiger partial charge is 0.0736 e. The fourth-order valence-corrected chi connectivity index (χ4v) is 3.70. The number of rotatable bonds is 1. The molecule has 3 aliphatic heterocycles. The number of ether oxygens (including phenoxy) is 1. The zero-order valence-electron chi connectivity index (χ0n) is 9.93. The Kier molecular flexibility index (Phi) is 2.02. The molecule has 0 saturated carbocycles. The summed E-state index contributed by atoms with van der Waals surface area (Å²) in [6, 6.07) is 6.91. The van der Waals surface area contributed by atoms with E-state index in [2.05, 4.69) is 17.0 Å². The summed E-state index contributed by atoms with van der Waals surface area (Å²) < 4.78 is 5.95.